The van der Waals surface area contributed by atoms with E-state index in [-0.39, 0.29) is 18.9 Å². The van der Waals surface area contributed by atoms with Gasteiger partial charge in [-0.2, -0.15) is 0 Å². The van der Waals surface area contributed by atoms with Gasteiger partial charge >= 0.3 is 6.16 Å². The van der Waals surface area contributed by atoms with Gasteiger partial charge in [0.15, 0.2) is 5.75 Å². The minimum Gasteiger partial charge on any atom is -0.449 e. The molecule has 0 bridgehead atoms. The molecule has 134 valence electrons. The fraction of sp³-hybridized carbons (Fsp3) is 0.158. The Morgan fingerprint density at radius 2 is 1.96 bits per heavy atom. The van der Waals surface area contributed by atoms with Gasteiger partial charge in [-0.25, -0.2) is 4.79 Å². The topological polar surface area (TPSA) is 88.8 Å². The van der Waals surface area contributed by atoms with Crippen molar-refractivity contribution >= 4 is 33.0 Å². The summed E-state index contributed by atoms with van der Waals surface area (Å²) in [6, 6.07) is 13.2. The second-order valence-corrected chi connectivity index (χ2v) is 6.58. The molecule has 2 aromatic carbocycles. The van der Waals surface area contributed by atoms with Crippen molar-refractivity contribution < 1.29 is 19.7 Å². The molecule has 7 heteroatoms. The Balaban J connectivity index is 2.12. The van der Waals surface area contributed by atoms with Crippen LogP contribution >= 0.6 is 15.9 Å². The van der Waals surface area contributed by atoms with Crippen LogP contribution in [0.5, 0.6) is 5.75 Å². The minimum absolute atomic E-state index is 0.150. The zero-order valence-electron chi connectivity index (χ0n) is 13.7. The number of fused-ring (bicyclic) bond motifs is 1. The first-order chi connectivity index (χ1) is 12.5. The Morgan fingerprint density at radius 3 is 2.65 bits per heavy atom. The number of aliphatic hydroxyl groups excluding tert-OH is 1. The highest BCUT2D eigenvalue weighted by Crippen LogP contribution is 2.23. The van der Waals surface area contributed by atoms with Crippen molar-refractivity contribution in [2.75, 3.05) is 6.61 Å². The lowest BCUT2D eigenvalue weighted by Gasteiger charge is -2.13. The van der Waals surface area contributed by atoms with E-state index in [0.29, 0.717) is 17.3 Å². The summed E-state index contributed by atoms with van der Waals surface area (Å²) in [5.41, 5.74) is 2.09. The molecule has 0 radical (unpaired) electrons. The molecule has 0 aliphatic carbocycles. The molecule has 0 amide bonds. The summed E-state index contributed by atoms with van der Waals surface area (Å²) in [4.78, 5) is 23.5. The molecule has 2 N–H and O–H groups in total. The van der Waals surface area contributed by atoms with Gasteiger partial charge in [-0.15, -0.1) is 0 Å². The van der Waals surface area contributed by atoms with Crippen LogP contribution in [0.25, 0.3) is 10.9 Å². The number of nitrogens with zero attached hydrogens (tertiary/aromatic N) is 1. The summed E-state index contributed by atoms with van der Waals surface area (Å²) in [7, 11) is 0. The number of halogens is 1. The van der Waals surface area contributed by atoms with Crippen molar-refractivity contribution in [3.8, 4) is 5.75 Å². The summed E-state index contributed by atoms with van der Waals surface area (Å²) < 4.78 is 7.19. The molecule has 0 spiro atoms. The van der Waals surface area contributed by atoms with E-state index in [9.17, 15) is 14.7 Å². The molecule has 0 aliphatic heterocycles. The lowest BCUT2D eigenvalue weighted by molar-refractivity contribution is 0.143. The van der Waals surface area contributed by atoms with Crippen LogP contribution in [0.1, 0.15) is 11.1 Å². The summed E-state index contributed by atoms with van der Waals surface area (Å²) in [6.07, 6.45) is 0.366. The largest absolute Gasteiger partial charge is 0.511 e. The van der Waals surface area contributed by atoms with E-state index >= 15 is 0 Å². The van der Waals surface area contributed by atoms with Gasteiger partial charge in [0.25, 0.3) is 0 Å². The number of hydrogen-bond acceptors (Lipinski definition) is 4. The molecule has 3 rings (SSSR count). The Morgan fingerprint density at radius 1 is 1.19 bits per heavy atom. The standard InChI is InChI=1S/C19H16BrNO5/c20-15-4-2-1-3-13(15)9-12-5-6-16-14(10-12)18(23)17(26-19(24)25)11-21(16)7-8-22/h1-6,10-11,22H,7-9H2,(H,24,25). The van der Waals surface area contributed by atoms with E-state index in [0.717, 1.165) is 15.6 Å². The molecular weight excluding hydrogens is 402 g/mol. The van der Waals surface area contributed by atoms with Crippen LogP contribution in [-0.2, 0) is 13.0 Å². The predicted octanol–water partition coefficient (Wildman–Crippen LogP) is 3.40. The molecule has 0 saturated heterocycles. The number of rotatable bonds is 5. The lowest BCUT2D eigenvalue weighted by atomic mass is 10.0. The van der Waals surface area contributed by atoms with Crippen molar-refractivity contribution in [2.45, 2.75) is 13.0 Å². The van der Waals surface area contributed by atoms with E-state index < -0.39 is 11.6 Å². The quantitative estimate of drug-likeness (QED) is 0.620. The van der Waals surface area contributed by atoms with Crippen molar-refractivity contribution in [3.05, 3.63) is 74.5 Å². The molecule has 0 saturated carbocycles. The average Bonchev–Trinajstić information content (AvgIpc) is 2.61. The number of ether oxygens (including phenoxy) is 1. The van der Waals surface area contributed by atoms with Crippen LogP contribution in [0.15, 0.2) is 57.9 Å². The first-order valence-corrected chi connectivity index (χ1v) is 8.70. The maximum absolute atomic E-state index is 12.6. The Hall–Kier alpha value is -2.64. The fourth-order valence-electron chi connectivity index (χ4n) is 2.85. The van der Waals surface area contributed by atoms with Gasteiger partial charge < -0.3 is 19.5 Å². The monoisotopic (exact) mass is 417 g/mol. The predicted molar refractivity (Wildman–Crippen MR) is 101 cm³/mol. The molecule has 3 aromatic rings. The number of aliphatic hydroxyl groups is 1. The van der Waals surface area contributed by atoms with Gasteiger partial charge in [0, 0.05) is 16.4 Å². The first kappa shape index (κ1) is 18.2. The molecule has 0 aliphatic rings. The van der Waals surface area contributed by atoms with E-state index in [2.05, 4.69) is 20.7 Å². The molecule has 1 heterocycles. The summed E-state index contributed by atoms with van der Waals surface area (Å²) >= 11 is 3.51. The van der Waals surface area contributed by atoms with E-state index in [1.807, 2.05) is 30.3 Å². The van der Waals surface area contributed by atoms with E-state index in [4.69, 9.17) is 5.11 Å². The van der Waals surface area contributed by atoms with Crippen molar-refractivity contribution in [2.24, 2.45) is 0 Å². The van der Waals surface area contributed by atoms with Crippen LogP contribution in [-0.4, -0.2) is 27.5 Å². The zero-order chi connectivity index (χ0) is 18.7. The third-order valence-electron chi connectivity index (χ3n) is 4.00. The van der Waals surface area contributed by atoms with Gasteiger partial charge in [0.1, 0.15) is 0 Å². The number of pyridine rings is 1. The van der Waals surface area contributed by atoms with E-state index in [1.54, 1.807) is 16.7 Å². The summed E-state index contributed by atoms with van der Waals surface area (Å²) in [5.74, 6) is -0.281. The molecule has 0 fully saturated rings. The molecular formula is C19H16BrNO5. The van der Waals surface area contributed by atoms with Crippen molar-refractivity contribution in [1.29, 1.82) is 0 Å². The molecule has 6 nitrogen and oxygen atoms in total. The number of hydrogen-bond donors (Lipinski definition) is 2. The Bertz CT molecular complexity index is 1030. The van der Waals surface area contributed by atoms with Crippen LogP contribution in [0, 0.1) is 0 Å². The van der Waals surface area contributed by atoms with Gasteiger partial charge in [0.2, 0.25) is 5.43 Å². The molecule has 0 unspecified atom stereocenters. The smallest absolute Gasteiger partial charge is 0.449 e. The number of carboxylic acid groups (broad SMARTS) is 1. The maximum Gasteiger partial charge on any atom is 0.511 e. The Labute approximate surface area is 157 Å². The fourth-order valence-corrected chi connectivity index (χ4v) is 3.27. The maximum atomic E-state index is 12.6. The summed E-state index contributed by atoms with van der Waals surface area (Å²) in [5, 5.41) is 18.4. The SMILES string of the molecule is O=C(O)Oc1cn(CCO)c2ccc(Cc3ccccc3Br)cc2c1=O. The average molecular weight is 418 g/mol. The second-order valence-electron chi connectivity index (χ2n) is 5.73. The van der Waals surface area contributed by atoms with Crippen LogP contribution in [0.2, 0.25) is 0 Å². The van der Waals surface area contributed by atoms with Crippen molar-refractivity contribution in [3.63, 3.8) is 0 Å². The van der Waals surface area contributed by atoms with Crippen molar-refractivity contribution in [1.82, 2.24) is 4.57 Å². The minimum atomic E-state index is -1.55. The highest BCUT2D eigenvalue weighted by molar-refractivity contribution is 9.10. The van der Waals surface area contributed by atoms with Gasteiger partial charge in [-0.05, 0) is 35.7 Å². The van der Waals surface area contributed by atoms with Gasteiger partial charge in [-0.1, -0.05) is 40.2 Å². The highest BCUT2D eigenvalue weighted by Gasteiger charge is 2.14. The first-order valence-electron chi connectivity index (χ1n) is 7.90. The number of benzene rings is 2. The van der Waals surface area contributed by atoms with E-state index in [1.165, 1.54) is 6.20 Å². The molecule has 1 aromatic heterocycles. The van der Waals surface area contributed by atoms with Crippen LogP contribution in [0.4, 0.5) is 4.79 Å². The molecule has 0 atom stereocenters. The molecule has 26 heavy (non-hydrogen) atoms. The van der Waals surface area contributed by atoms with Gasteiger partial charge in [0.05, 0.1) is 18.3 Å². The second kappa shape index (κ2) is 7.72. The van der Waals surface area contributed by atoms with Gasteiger partial charge in [-0.3, -0.25) is 4.79 Å². The highest BCUT2D eigenvalue weighted by atomic mass is 79.9. The zero-order valence-corrected chi connectivity index (χ0v) is 15.3. The van der Waals surface area contributed by atoms with Crippen LogP contribution < -0.4 is 10.2 Å². The third-order valence-corrected chi connectivity index (χ3v) is 4.78. The number of carbonyl (C=O) groups is 1. The Kier molecular flexibility index (Phi) is 5.39. The van der Waals surface area contributed by atoms with Crippen LogP contribution in [0.3, 0.4) is 0 Å². The number of aromatic nitrogens is 1. The third kappa shape index (κ3) is 3.79. The summed E-state index contributed by atoms with van der Waals surface area (Å²) in [6.45, 7) is 0.0690. The lowest BCUT2D eigenvalue weighted by Crippen LogP contribution is -2.17. The normalized spacial score (nSPS) is 10.8.